The highest BCUT2D eigenvalue weighted by atomic mass is 16.5. The van der Waals surface area contributed by atoms with Gasteiger partial charge in [0.25, 0.3) is 0 Å². The van der Waals surface area contributed by atoms with Gasteiger partial charge in [0.05, 0.1) is 13.2 Å². The quantitative estimate of drug-likeness (QED) is 0.578. The normalized spacial score (nSPS) is 17.1. The van der Waals surface area contributed by atoms with Crippen LogP contribution in [0.15, 0.2) is 12.3 Å². The molecule has 0 aliphatic carbocycles. The summed E-state index contributed by atoms with van der Waals surface area (Å²) < 4.78 is 7.05. The molecule has 2 rings (SSSR count). The van der Waals surface area contributed by atoms with Crippen LogP contribution in [0.25, 0.3) is 0 Å². The average molecular weight is 206 g/mol. The van der Waals surface area contributed by atoms with Gasteiger partial charge < -0.3 is 9.64 Å². The first-order valence-corrected chi connectivity index (χ1v) is 5.24. The van der Waals surface area contributed by atoms with Crippen LogP contribution in [0.2, 0.25) is 0 Å². The number of nitrogens with zero attached hydrogens (tertiary/aromatic N) is 2. The summed E-state index contributed by atoms with van der Waals surface area (Å²) in [5.41, 5.74) is 0.852. The number of nitrogens with one attached hydrogen (secondary N) is 1. The Bertz CT molecular complexity index is 369. The summed E-state index contributed by atoms with van der Waals surface area (Å²) in [4.78, 5) is 1.50. The van der Waals surface area contributed by atoms with Crippen LogP contribution in [0.4, 0.5) is 0 Å². The predicted octanol–water partition coefficient (Wildman–Crippen LogP) is -1.31. The van der Waals surface area contributed by atoms with E-state index in [0.29, 0.717) is 0 Å². The van der Waals surface area contributed by atoms with Gasteiger partial charge in [-0.2, -0.15) is 5.10 Å². The van der Waals surface area contributed by atoms with Gasteiger partial charge in [0.1, 0.15) is 25.3 Å². The van der Waals surface area contributed by atoms with E-state index in [2.05, 4.69) is 16.9 Å². The first-order chi connectivity index (χ1) is 7.34. The standard InChI is InChI=1S/C11H15N3O/c1-13-6-4-11(12-13)3-2-5-14-7-9-15-10-8-14/h4,6H,5,7-10H2,1H3/p+1. The number of aryl methyl sites for hydroxylation is 1. The minimum Gasteiger partial charge on any atom is -0.370 e. The van der Waals surface area contributed by atoms with E-state index in [0.717, 1.165) is 38.5 Å². The maximum Gasteiger partial charge on any atom is 0.139 e. The largest absolute Gasteiger partial charge is 0.370 e. The first kappa shape index (κ1) is 10.2. The lowest BCUT2D eigenvalue weighted by Crippen LogP contribution is -3.14. The van der Waals surface area contributed by atoms with Crippen LogP contribution in [0.3, 0.4) is 0 Å². The predicted molar refractivity (Wildman–Crippen MR) is 56.5 cm³/mol. The maximum atomic E-state index is 5.28. The third-order valence-corrected chi connectivity index (χ3v) is 2.47. The number of morpholine rings is 1. The lowest BCUT2D eigenvalue weighted by Gasteiger charge is -2.21. The maximum absolute atomic E-state index is 5.28. The van der Waals surface area contributed by atoms with E-state index < -0.39 is 0 Å². The van der Waals surface area contributed by atoms with Crippen LogP contribution in [-0.4, -0.2) is 42.6 Å². The summed E-state index contributed by atoms with van der Waals surface area (Å²) >= 11 is 0. The van der Waals surface area contributed by atoms with E-state index in [1.54, 1.807) is 4.68 Å². The van der Waals surface area contributed by atoms with Crippen molar-refractivity contribution >= 4 is 0 Å². The number of hydrogen-bond acceptors (Lipinski definition) is 2. The molecule has 0 amide bonds. The van der Waals surface area contributed by atoms with Crippen molar-refractivity contribution in [3.05, 3.63) is 18.0 Å². The van der Waals surface area contributed by atoms with E-state index in [1.807, 2.05) is 19.3 Å². The molecular formula is C11H16N3O+. The molecule has 15 heavy (non-hydrogen) atoms. The Morgan fingerprint density at radius 2 is 2.33 bits per heavy atom. The highest BCUT2D eigenvalue weighted by Gasteiger charge is 2.11. The summed E-state index contributed by atoms with van der Waals surface area (Å²) in [7, 11) is 1.90. The molecular weight excluding hydrogens is 190 g/mol. The van der Waals surface area contributed by atoms with Crippen molar-refractivity contribution in [2.24, 2.45) is 7.05 Å². The molecule has 0 spiro atoms. The van der Waals surface area contributed by atoms with Gasteiger partial charge in [-0.15, -0.1) is 0 Å². The number of aromatic nitrogens is 2. The topological polar surface area (TPSA) is 31.5 Å². The second-order valence-electron chi connectivity index (χ2n) is 3.72. The molecule has 1 aliphatic rings. The molecule has 0 aromatic carbocycles. The minimum atomic E-state index is 0.852. The van der Waals surface area contributed by atoms with Crippen LogP contribution in [0.1, 0.15) is 5.69 Å². The molecule has 1 N–H and O–H groups in total. The molecule has 4 heteroatoms. The van der Waals surface area contributed by atoms with Crippen LogP contribution in [-0.2, 0) is 11.8 Å². The van der Waals surface area contributed by atoms with Crippen molar-refractivity contribution in [3.8, 4) is 11.8 Å². The van der Waals surface area contributed by atoms with Crippen LogP contribution < -0.4 is 4.90 Å². The molecule has 0 radical (unpaired) electrons. The summed E-state index contributed by atoms with van der Waals surface area (Å²) in [6.07, 6.45) is 1.91. The minimum absolute atomic E-state index is 0.852. The Morgan fingerprint density at radius 1 is 1.53 bits per heavy atom. The molecule has 0 saturated carbocycles. The lowest BCUT2D eigenvalue weighted by atomic mass is 10.4. The van der Waals surface area contributed by atoms with E-state index in [9.17, 15) is 0 Å². The molecule has 1 aromatic heterocycles. The molecule has 0 bridgehead atoms. The van der Waals surface area contributed by atoms with Crippen molar-refractivity contribution in [1.82, 2.24) is 9.78 Å². The Kier molecular flexibility index (Phi) is 3.38. The van der Waals surface area contributed by atoms with E-state index in [-0.39, 0.29) is 0 Å². The molecule has 1 saturated heterocycles. The molecule has 4 nitrogen and oxygen atoms in total. The molecule has 1 aromatic rings. The Morgan fingerprint density at radius 3 is 3.00 bits per heavy atom. The van der Waals surface area contributed by atoms with Gasteiger partial charge in [-0.3, -0.25) is 4.68 Å². The van der Waals surface area contributed by atoms with Gasteiger partial charge in [-0.05, 0) is 17.9 Å². The fraction of sp³-hybridized carbons (Fsp3) is 0.545. The van der Waals surface area contributed by atoms with Gasteiger partial charge in [0.15, 0.2) is 0 Å². The van der Waals surface area contributed by atoms with Gasteiger partial charge in [-0.1, -0.05) is 0 Å². The number of rotatable bonds is 1. The highest BCUT2D eigenvalue weighted by Crippen LogP contribution is 1.89. The van der Waals surface area contributed by atoms with Gasteiger partial charge in [0.2, 0.25) is 0 Å². The van der Waals surface area contributed by atoms with Crippen LogP contribution in [0, 0.1) is 11.8 Å². The van der Waals surface area contributed by atoms with Crippen LogP contribution in [0.5, 0.6) is 0 Å². The van der Waals surface area contributed by atoms with Crippen molar-refractivity contribution < 1.29 is 9.64 Å². The molecule has 1 aliphatic heterocycles. The van der Waals surface area contributed by atoms with Crippen molar-refractivity contribution in [3.63, 3.8) is 0 Å². The molecule has 2 heterocycles. The number of hydrogen-bond donors (Lipinski definition) is 1. The summed E-state index contributed by atoms with van der Waals surface area (Å²) in [6.45, 7) is 4.74. The molecule has 1 fully saturated rings. The fourth-order valence-corrected chi connectivity index (χ4v) is 1.58. The monoisotopic (exact) mass is 206 g/mol. The zero-order chi connectivity index (χ0) is 10.5. The summed E-state index contributed by atoms with van der Waals surface area (Å²) in [6, 6.07) is 1.93. The lowest BCUT2D eigenvalue weighted by molar-refractivity contribution is -0.900. The third-order valence-electron chi connectivity index (χ3n) is 2.47. The zero-order valence-corrected chi connectivity index (χ0v) is 8.99. The van der Waals surface area contributed by atoms with Crippen molar-refractivity contribution in [1.29, 1.82) is 0 Å². The second-order valence-corrected chi connectivity index (χ2v) is 3.72. The van der Waals surface area contributed by atoms with E-state index in [4.69, 9.17) is 4.74 Å². The fourth-order valence-electron chi connectivity index (χ4n) is 1.58. The van der Waals surface area contributed by atoms with E-state index in [1.165, 1.54) is 4.90 Å². The van der Waals surface area contributed by atoms with E-state index >= 15 is 0 Å². The van der Waals surface area contributed by atoms with Crippen molar-refractivity contribution in [2.75, 3.05) is 32.8 Å². The molecule has 0 atom stereocenters. The van der Waals surface area contributed by atoms with Gasteiger partial charge >= 0.3 is 0 Å². The van der Waals surface area contributed by atoms with Crippen molar-refractivity contribution in [2.45, 2.75) is 0 Å². The highest BCUT2D eigenvalue weighted by molar-refractivity contribution is 5.25. The van der Waals surface area contributed by atoms with Crippen LogP contribution >= 0.6 is 0 Å². The Balaban J connectivity index is 1.84. The van der Waals surface area contributed by atoms with Gasteiger partial charge in [0, 0.05) is 13.2 Å². The summed E-state index contributed by atoms with van der Waals surface area (Å²) in [5.74, 6) is 6.24. The second kappa shape index (κ2) is 4.96. The SMILES string of the molecule is Cn1ccc(C#CC[NH+]2CCOCC2)n1. The zero-order valence-electron chi connectivity index (χ0n) is 8.99. The molecule has 80 valence electrons. The summed E-state index contributed by atoms with van der Waals surface area (Å²) in [5, 5.41) is 4.20. The number of quaternary nitrogens is 1. The Hall–Kier alpha value is -1.31. The van der Waals surface area contributed by atoms with Gasteiger partial charge in [-0.25, -0.2) is 0 Å². The average Bonchev–Trinajstić information content (AvgIpc) is 2.66. The Labute approximate surface area is 89.8 Å². The molecule has 0 unspecified atom stereocenters. The first-order valence-electron chi connectivity index (χ1n) is 5.24. The third kappa shape index (κ3) is 3.08. The smallest absolute Gasteiger partial charge is 0.139 e. The number of ether oxygens (including phenoxy) is 1.